The Morgan fingerprint density at radius 2 is 2.14 bits per heavy atom. The lowest BCUT2D eigenvalue weighted by Gasteiger charge is -2.13. The number of benzene rings is 2. The monoisotopic (exact) mass is 376 g/mol. The number of nitrogens with one attached hydrogen (secondary N) is 1. The Hall–Kier alpha value is -4.12. The Labute approximate surface area is 161 Å². The van der Waals surface area contributed by atoms with E-state index in [2.05, 4.69) is 10.3 Å². The average molecular weight is 376 g/mol. The van der Waals surface area contributed by atoms with E-state index in [-0.39, 0.29) is 5.91 Å². The number of amides is 1. The number of rotatable bonds is 5. The predicted octanol–water partition coefficient (Wildman–Crippen LogP) is 1.29. The molecule has 0 radical (unpaired) electrons. The van der Waals surface area contributed by atoms with Crippen LogP contribution in [0.5, 0.6) is 5.75 Å². The topological polar surface area (TPSA) is 140 Å². The van der Waals surface area contributed by atoms with Crippen molar-refractivity contribution in [3.63, 3.8) is 0 Å². The van der Waals surface area contributed by atoms with Gasteiger partial charge in [0.15, 0.2) is 6.39 Å². The van der Waals surface area contributed by atoms with Crippen molar-refractivity contribution in [1.82, 2.24) is 4.98 Å². The number of nitrogens with zero attached hydrogens (tertiary/aromatic N) is 2. The summed E-state index contributed by atoms with van der Waals surface area (Å²) in [6.45, 7) is 1.74. The van der Waals surface area contributed by atoms with Crippen molar-refractivity contribution in [2.75, 3.05) is 18.2 Å². The molecule has 2 aromatic carbocycles. The molecule has 8 nitrogen and oxygen atoms in total. The molecular weight excluding hydrogens is 358 g/mol. The molecule has 3 aromatic rings. The molecule has 5 N–H and O–H groups in total. The van der Waals surface area contributed by atoms with Crippen molar-refractivity contribution in [3.8, 4) is 11.8 Å². The summed E-state index contributed by atoms with van der Waals surface area (Å²) in [5.74, 6) is 0.310. The number of hydrogen-bond acceptors (Lipinski definition) is 6. The second-order valence-electron chi connectivity index (χ2n) is 6.02. The first-order chi connectivity index (χ1) is 13.4. The van der Waals surface area contributed by atoms with Gasteiger partial charge in [-0.15, -0.1) is 0 Å². The largest absolute Gasteiger partial charge is 0.496 e. The molecule has 0 aliphatic carbocycles. The number of oxazole rings is 1. The standard InChI is InChI=1S/C20H17N5O3/c1-11-5-12(8-21)6-16(27-2)18(11)20(26)25-13-3-4-15(22)14(7-13)19(23)17-9-24-10-28-17/h3-7,9-10,23H,22H2,1-2H3,(H,25,26)/p+1. The van der Waals surface area contributed by atoms with Crippen LogP contribution in [0.2, 0.25) is 0 Å². The fourth-order valence-corrected chi connectivity index (χ4v) is 2.81. The molecule has 0 spiro atoms. The molecule has 1 heterocycles. The van der Waals surface area contributed by atoms with E-state index in [1.807, 2.05) is 6.07 Å². The van der Waals surface area contributed by atoms with E-state index in [9.17, 15) is 4.79 Å². The quantitative estimate of drug-likeness (QED) is 0.453. The summed E-state index contributed by atoms with van der Waals surface area (Å²) < 4.78 is 10.5. The van der Waals surface area contributed by atoms with Gasteiger partial charge in [-0.1, -0.05) is 0 Å². The molecular formula is C20H18N5O3+. The molecule has 28 heavy (non-hydrogen) atoms. The minimum atomic E-state index is -0.382. The molecule has 140 valence electrons. The van der Waals surface area contributed by atoms with Crippen LogP contribution in [0, 0.1) is 18.3 Å². The molecule has 0 saturated heterocycles. The van der Waals surface area contributed by atoms with E-state index >= 15 is 0 Å². The van der Waals surface area contributed by atoms with Crippen LogP contribution in [0.1, 0.15) is 32.8 Å². The van der Waals surface area contributed by atoms with Crippen LogP contribution >= 0.6 is 0 Å². The lowest BCUT2D eigenvalue weighted by molar-refractivity contribution is -0.112. The molecule has 0 atom stereocenters. The minimum absolute atomic E-state index is 0.304. The number of aryl methyl sites for hydroxylation is 1. The number of ether oxygens (including phenoxy) is 1. The minimum Gasteiger partial charge on any atom is -0.496 e. The van der Waals surface area contributed by atoms with Gasteiger partial charge in [-0.3, -0.25) is 10.2 Å². The molecule has 3 rings (SSSR count). The number of carbonyl (C=O) groups excluding carboxylic acids is 1. The Bertz CT molecular complexity index is 1100. The highest BCUT2D eigenvalue weighted by Crippen LogP contribution is 2.26. The van der Waals surface area contributed by atoms with Gasteiger partial charge < -0.3 is 20.2 Å². The van der Waals surface area contributed by atoms with Crippen molar-refractivity contribution in [3.05, 3.63) is 70.9 Å². The summed E-state index contributed by atoms with van der Waals surface area (Å²) in [6.07, 6.45) is 2.75. The van der Waals surface area contributed by atoms with E-state index in [4.69, 9.17) is 25.6 Å². The second kappa shape index (κ2) is 7.63. The maximum Gasteiger partial charge on any atom is 0.259 e. The van der Waals surface area contributed by atoms with Crippen LogP contribution < -0.4 is 21.2 Å². The van der Waals surface area contributed by atoms with Crippen molar-refractivity contribution in [1.29, 1.82) is 5.26 Å². The summed E-state index contributed by atoms with van der Waals surface area (Å²) in [5.41, 5.74) is 9.12. The third-order valence-corrected chi connectivity index (χ3v) is 4.17. The van der Waals surface area contributed by atoms with Gasteiger partial charge in [0.1, 0.15) is 5.75 Å². The summed E-state index contributed by atoms with van der Waals surface area (Å²) in [5, 5.41) is 18.0. The van der Waals surface area contributed by atoms with Crippen LogP contribution in [-0.2, 0) is 0 Å². The van der Waals surface area contributed by atoms with E-state index < -0.39 is 0 Å². The summed E-state index contributed by atoms with van der Waals surface area (Å²) >= 11 is 0. The number of methoxy groups -OCH3 is 1. The first-order valence-electron chi connectivity index (χ1n) is 8.26. The van der Waals surface area contributed by atoms with Crippen LogP contribution in [0.4, 0.5) is 11.4 Å². The molecule has 0 bridgehead atoms. The van der Waals surface area contributed by atoms with Gasteiger partial charge in [-0.25, -0.2) is 4.98 Å². The Morgan fingerprint density at radius 1 is 1.36 bits per heavy atom. The Morgan fingerprint density at radius 3 is 2.79 bits per heavy atom. The van der Waals surface area contributed by atoms with Crippen LogP contribution in [0.15, 0.2) is 47.3 Å². The molecule has 0 aliphatic rings. The number of hydrogen-bond donors (Lipinski definition) is 3. The van der Waals surface area contributed by atoms with Crippen molar-refractivity contribution in [2.24, 2.45) is 0 Å². The third-order valence-electron chi connectivity index (χ3n) is 4.17. The van der Waals surface area contributed by atoms with Gasteiger partial charge >= 0.3 is 0 Å². The van der Waals surface area contributed by atoms with Gasteiger partial charge in [0.2, 0.25) is 5.76 Å². The smallest absolute Gasteiger partial charge is 0.259 e. The molecule has 0 unspecified atom stereocenters. The number of anilines is 2. The van der Waals surface area contributed by atoms with Gasteiger partial charge in [0.05, 0.1) is 36.1 Å². The van der Waals surface area contributed by atoms with Crippen molar-refractivity contribution >= 4 is 23.0 Å². The second-order valence-corrected chi connectivity index (χ2v) is 6.02. The number of nitrogen functional groups attached to an aromatic ring is 1. The van der Waals surface area contributed by atoms with E-state index in [1.165, 1.54) is 25.8 Å². The Balaban J connectivity index is 1.93. The zero-order valence-electron chi connectivity index (χ0n) is 15.3. The fourth-order valence-electron chi connectivity index (χ4n) is 2.81. The Kier molecular flexibility index (Phi) is 5.09. The third kappa shape index (κ3) is 3.54. The number of carbonyl (C=O) groups is 1. The first kappa shape index (κ1) is 18.7. The SMILES string of the molecule is COc1cc(C#N)cc(C)c1C(=O)Nc1ccc(N)c(C(=[NH2+])c2cnco2)c1. The van der Waals surface area contributed by atoms with Gasteiger partial charge in [0, 0.05) is 11.4 Å². The normalized spacial score (nSPS) is 10.2. The molecule has 8 heteroatoms. The highest BCUT2D eigenvalue weighted by molar-refractivity contribution is 6.12. The molecule has 1 aromatic heterocycles. The maximum absolute atomic E-state index is 12.8. The van der Waals surface area contributed by atoms with Crippen LogP contribution in [-0.4, -0.2) is 23.7 Å². The molecule has 0 aliphatic heterocycles. The summed E-state index contributed by atoms with van der Waals surface area (Å²) in [7, 11) is 1.45. The average Bonchev–Trinajstić information content (AvgIpc) is 3.22. The van der Waals surface area contributed by atoms with E-state index in [1.54, 1.807) is 31.2 Å². The summed E-state index contributed by atoms with van der Waals surface area (Å²) in [6, 6.07) is 10.1. The number of nitrogens with two attached hydrogens (primary N) is 2. The van der Waals surface area contributed by atoms with Crippen LogP contribution in [0.25, 0.3) is 0 Å². The maximum atomic E-state index is 12.8. The molecule has 0 saturated carbocycles. The lowest BCUT2D eigenvalue weighted by atomic mass is 10.0. The summed E-state index contributed by atoms with van der Waals surface area (Å²) in [4.78, 5) is 16.7. The van der Waals surface area contributed by atoms with Gasteiger partial charge in [-0.2, -0.15) is 5.26 Å². The zero-order valence-corrected chi connectivity index (χ0v) is 15.3. The predicted molar refractivity (Wildman–Crippen MR) is 103 cm³/mol. The highest BCUT2D eigenvalue weighted by Gasteiger charge is 2.20. The van der Waals surface area contributed by atoms with Gasteiger partial charge in [-0.05, 0) is 42.8 Å². The fraction of sp³-hybridized carbons (Fsp3) is 0.100. The van der Waals surface area contributed by atoms with E-state index in [0.717, 1.165) is 0 Å². The van der Waals surface area contributed by atoms with E-state index in [0.29, 0.717) is 50.9 Å². The number of nitriles is 1. The van der Waals surface area contributed by atoms with Gasteiger partial charge in [0.25, 0.3) is 11.6 Å². The highest BCUT2D eigenvalue weighted by atomic mass is 16.5. The molecule has 1 amide bonds. The lowest BCUT2D eigenvalue weighted by Crippen LogP contribution is -2.41. The van der Waals surface area contributed by atoms with Crippen LogP contribution in [0.3, 0.4) is 0 Å². The zero-order chi connectivity index (χ0) is 20.3. The van der Waals surface area contributed by atoms with Crippen molar-refractivity contribution in [2.45, 2.75) is 6.92 Å². The first-order valence-corrected chi connectivity index (χ1v) is 8.26. The molecule has 0 fully saturated rings. The number of aromatic nitrogens is 1. The van der Waals surface area contributed by atoms with Crippen molar-refractivity contribution < 1.29 is 19.4 Å².